The Morgan fingerprint density at radius 2 is 1.60 bits per heavy atom. The van der Waals surface area contributed by atoms with Crippen LogP contribution in [0.4, 0.5) is 0 Å². The number of hydrogen-bond acceptors (Lipinski definition) is 1. The molecule has 0 atom stereocenters. The van der Waals surface area contributed by atoms with Crippen molar-refractivity contribution in [2.75, 3.05) is 6.54 Å². The van der Waals surface area contributed by atoms with Crippen LogP contribution in [0.15, 0.2) is 18.2 Å². The van der Waals surface area contributed by atoms with Gasteiger partial charge in [-0.3, -0.25) is 0 Å². The summed E-state index contributed by atoms with van der Waals surface area (Å²) in [5, 5.41) is 0. The summed E-state index contributed by atoms with van der Waals surface area (Å²) in [7, 11) is 0. The van der Waals surface area contributed by atoms with Crippen LogP contribution in [-0.2, 0) is 6.42 Å². The van der Waals surface area contributed by atoms with Crippen LogP contribution < -0.4 is 5.73 Å². The Morgan fingerprint density at radius 1 is 1.07 bits per heavy atom. The van der Waals surface area contributed by atoms with Gasteiger partial charge in [0.2, 0.25) is 0 Å². The van der Waals surface area contributed by atoms with Gasteiger partial charge in [-0.15, -0.1) is 0 Å². The lowest BCUT2D eigenvalue weighted by atomic mass is 9.82. The average molecular weight is 205 g/mol. The van der Waals surface area contributed by atoms with E-state index in [1.54, 1.807) is 0 Å². The largest absolute Gasteiger partial charge is 0.330 e. The van der Waals surface area contributed by atoms with E-state index in [0.717, 1.165) is 19.4 Å². The van der Waals surface area contributed by atoms with E-state index in [4.69, 9.17) is 5.73 Å². The highest BCUT2D eigenvalue weighted by molar-refractivity contribution is 5.29. The minimum atomic E-state index is 0.314. The van der Waals surface area contributed by atoms with Gasteiger partial charge in [0.25, 0.3) is 0 Å². The number of rotatable bonds is 4. The summed E-state index contributed by atoms with van der Waals surface area (Å²) in [5.74, 6) is 0. The quantitative estimate of drug-likeness (QED) is 0.802. The molecule has 0 unspecified atom stereocenters. The maximum absolute atomic E-state index is 5.63. The molecule has 15 heavy (non-hydrogen) atoms. The summed E-state index contributed by atoms with van der Waals surface area (Å²) in [5.41, 5.74) is 10.1. The number of aryl methyl sites for hydroxylation is 2. The highest BCUT2D eigenvalue weighted by atomic mass is 14.5. The highest BCUT2D eigenvalue weighted by Gasteiger charge is 2.17. The van der Waals surface area contributed by atoms with Gasteiger partial charge in [-0.1, -0.05) is 43.2 Å². The topological polar surface area (TPSA) is 26.0 Å². The van der Waals surface area contributed by atoms with Gasteiger partial charge in [0.1, 0.15) is 0 Å². The predicted molar refractivity (Wildman–Crippen MR) is 67.1 cm³/mol. The van der Waals surface area contributed by atoms with Crippen molar-refractivity contribution in [3.63, 3.8) is 0 Å². The molecule has 1 rings (SSSR count). The van der Waals surface area contributed by atoms with Crippen LogP contribution in [0.25, 0.3) is 0 Å². The molecule has 0 aromatic heterocycles. The molecule has 0 fully saturated rings. The van der Waals surface area contributed by atoms with Crippen LogP contribution in [0, 0.1) is 19.3 Å². The standard InChI is InChI=1S/C14H23N/c1-11-7-12(2)9-13(8-11)10-14(3,4)5-6-15/h7-9H,5-6,10,15H2,1-4H3. The van der Waals surface area contributed by atoms with Gasteiger partial charge >= 0.3 is 0 Å². The Kier molecular flexibility index (Phi) is 3.92. The molecular formula is C14H23N. The zero-order chi connectivity index (χ0) is 11.5. The van der Waals surface area contributed by atoms with Crippen LogP contribution in [0.5, 0.6) is 0 Å². The second-order valence-electron chi connectivity index (χ2n) is 5.38. The molecule has 0 bridgehead atoms. The van der Waals surface area contributed by atoms with Crippen molar-refractivity contribution in [1.82, 2.24) is 0 Å². The van der Waals surface area contributed by atoms with Crippen molar-refractivity contribution in [3.8, 4) is 0 Å². The second kappa shape index (κ2) is 4.80. The Morgan fingerprint density at radius 3 is 2.07 bits per heavy atom. The van der Waals surface area contributed by atoms with Crippen LogP contribution in [0.1, 0.15) is 37.0 Å². The van der Waals surface area contributed by atoms with Crippen molar-refractivity contribution in [2.45, 2.75) is 40.5 Å². The van der Waals surface area contributed by atoms with E-state index in [0.29, 0.717) is 5.41 Å². The molecule has 0 saturated carbocycles. The van der Waals surface area contributed by atoms with E-state index in [1.165, 1.54) is 16.7 Å². The summed E-state index contributed by atoms with van der Waals surface area (Å²) in [6, 6.07) is 6.79. The third kappa shape index (κ3) is 4.05. The first-order valence-electron chi connectivity index (χ1n) is 5.70. The van der Waals surface area contributed by atoms with Crippen LogP contribution >= 0.6 is 0 Å². The van der Waals surface area contributed by atoms with Crippen LogP contribution in [0.3, 0.4) is 0 Å². The fourth-order valence-corrected chi connectivity index (χ4v) is 2.20. The van der Waals surface area contributed by atoms with Gasteiger partial charge in [-0.2, -0.15) is 0 Å². The molecule has 0 saturated heterocycles. The maximum Gasteiger partial charge on any atom is -0.00721 e. The van der Waals surface area contributed by atoms with Gasteiger partial charge in [0, 0.05) is 0 Å². The molecule has 1 aromatic carbocycles. The molecule has 0 radical (unpaired) electrons. The number of hydrogen-bond donors (Lipinski definition) is 1. The average Bonchev–Trinajstić information content (AvgIpc) is 1.99. The van der Waals surface area contributed by atoms with Crippen molar-refractivity contribution >= 4 is 0 Å². The van der Waals surface area contributed by atoms with Gasteiger partial charge < -0.3 is 5.73 Å². The first-order chi connectivity index (χ1) is 6.93. The summed E-state index contributed by atoms with van der Waals surface area (Å²) < 4.78 is 0. The molecule has 1 aromatic rings. The molecule has 2 N–H and O–H groups in total. The van der Waals surface area contributed by atoms with Gasteiger partial charge in [0.05, 0.1) is 0 Å². The minimum Gasteiger partial charge on any atom is -0.330 e. The smallest absolute Gasteiger partial charge is 0.00721 e. The summed E-state index contributed by atoms with van der Waals surface area (Å²) in [4.78, 5) is 0. The molecule has 0 aliphatic carbocycles. The lowest BCUT2D eigenvalue weighted by Crippen LogP contribution is -2.19. The summed E-state index contributed by atoms with van der Waals surface area (Å²) >= 11 is 0. The lowest BCUT2D eigenvalue weighted by molar-refractivity contribution is 0.338. The monoisotopic (exact) mass is 205 g/mol. The van der Waals surface area contributed by atoms with Crippen molar-refractivity contribution < 1.29 is 0 Å². The van der Waals surface area contributed by atoms with Crippen LogP contribution in [-0.4, -0.2) is 6.54 Å². The second-order valence-corrected chi connectivity index (χ2v) is 5.38. The Hall–Kier alpha value is -0.820. The van der Waals surface area contributed by atoms with Gasteiger partial charge in [-0.05, 0) is 44.2 Å². The van der Waals surface area contributed by atoms with E-state index < -0.39 is 0 Å². The third-order valence-electron chi connectivity index (χ3n) is 2.79. The Labute approximate surface area is 93.7 Å². The molecular weight excluding hydrogens is 182 g/mol. The van der Waals surface area contributed by atoms with Crippen molar-refractivity contribution in [1.29, 1.82) is 0 Å². The third-order valence-corrected chi connectivity index (χ3v) is 2.79. The molecule has 0 aliphatic rings. The molecule has 0 spiro atoms. The van der Waals surface area contributed by atoms with E-state index in [1.807, 2.05) is 0 Å². The normalized spacial score (nSPS) is 11.8. The molecule has 84 valence electrons. The minimum absolute atomic E-state index is 0.314. The van der Waals surface area contributed by atoms with E-state index in [2.05, 4.69) is 45.9 Å². The summed E-state index contributed by atoms with van der Waals surface area (Å²) in [6.07, 6.45) is 2.20. The van der Waals surface area contributed by atoms with E-state index >= 15 is 0 Å². The van der Waals surface area contributed by atoms with Gasteiger partial charge in [0.15, 0.2) is 0 Å². The molecule has 0 heterocycles. The Balaban J connectivity index is 2.80. The fourth-order valence-electron chi connectivity index (χ4n) is 2.20. The lowest BCUT2D eigenvalue weighted by Gasteiger charge is -2.24. The zero-order valence-corrected chi connectivity index (χ0v) is 10.4. The molecule has 1 heteroatoms. The zero-order valence-electron chi connectivity index (χ0n) is 10.4. The summed E-state index contributed by atoms with van der Waals surface area (Å²) in [6.45, 7) is 9.67. The molecule has 0 amide bonds. The van der Waals surface area contributed by atoms with Crippen LogP contribution in [0.2, 0.25) is 0 Å². The number of nitrogens with two attached hydrogens (primary N) is 1. The first kappa shape index (κ1) is 12.3. The first-order valence-corrected chi connectivity index (χ1v) is 5.70. The molecule has 0 aliphatic heterocycles. The molecule has 1 nitrogen and oxygen atoms in total. The fraction of sp³-hybridized carbons (Fsp3) is 0.571. The van der Waals surface area contributed by atoms with Gasteiger partial charge in [-0.25, -0.2) is 0 Å². The highest BCUT2D eigenvalue weighted by Crippen LogP contribution is 2.26. The van der Waals surface area contributed by atoms with E-state index in [9.17, 15) is 0 Å². The van der Waals surface area contributed by atoms with E-state index in [-0.39, 0.29) is 0 Å². The SMILES string of the molecule is Cc1cc(C)cc(CC(C)(C)CCN)c1. The predicted octanol–water partition coefficient (Wildman–Crippen LogP) is 3.22. The van der Waals surface area contributed by atoms with Crippen molar-refractivity contribution in [3.05, 3.63) is 34.9 Å². The van der Waals surface area contributed by atoms with Crippen molar-refractivity contribution in [2.24, 2.45) is 11.1 Å². The maximum atomic E-state index is 5.63. The Bertz CT molecular complexity index is 306. The number of benzene rings is 1.